The molecule has 12 nitrogen and oxygen atoms in total. The van der Waals surface area contributed by atoms with Crippen LogP contribution in [-0.4, -0.2) is 129 Å². The Morgan fingerprint density at radius 3 is 1.36 bits per heavy atom. The van der Waals surface area contributed by atoms with Crippen LogP contribution >= 0.6 is 0 Å². The first-order valence-corrected chi connectivity index (χ1v) is 32.7. The lowest BCUT2D eigenvalue weighted by Crippen LogP contribution is -2.51. The summed E-state index contributed by atoms with van der Waals surface area (Å²) in [6.45, 7) is 15.6. The molecule has 97 heavy (non-hydrogen) atoms. The molecule has 6 aliphatic heterocycles. The van der Waals surface area contributed by atoms with Crippen molar-refractivity contribution in [3.05, 3.63) is 226 Å². The summed E-state index contributed by atoms with van der Waals surface area (Å²) in [6, 6.07) is 26.0. The van der Waals surface area contributed by atoms with Crippen molar-refractivity contribution in [3.8, 4) is 35.5 Å². The molecule has 0 unspecified atom stereocenters. The number of rotatable bonds is 15. The van der Waals surface area contributed by atoms with E-state index in [1.807, 2.05) is 114 Å². The highest BCUT2D eigenvalue weighted by Gasteiger charge is 2.59. The highest BCUT2D eigenvalue weighted by atomic mass is 19.3. The molecule has 0 amide bonds. The Morgan fingerprint density at radius 1 is 0.485 bits per heavy atom. The molecule has 9 heterocycles. The van der Waals surface area contributed by atoms with Crippen molar-refractivity contribution in [2.24, 2.45) is 0 Å². The summed E-state index contributed by atoms with van der Waals surface area (Å²) in [5.74, 6) is 18.9. The largest absolute Gasteiger partial charge is 0.737 e. The standard InChI is InChI=1S/C76H77B3F6N6O6/c1-46-41-50(5)86-70(46)67(71-47(2)42-51(6)87(71)77(86,80)81)61-28-20-59(21-29-61)24-32-64-54(9)74-69(63-26-18-58(19-27-63)17-16-34-93-35-36-94-37-38-95-39-40-96-45-66(92)97-76(13,14)15)75-55(10)65(57(12)91(75)79(84,85)90(74)56(64)11)33-25-60-22-30-62(31-23-60)68-72-48(3)43-52(7)88(72)78(82,83)89-53(8)44-49(4)73(68)89/h18-23,26-31,41-44H,34-40,45H2,1-15H3. The van der Waals surface area contributed by atoms with Crippen LogP contribution < -0.4 is 0 Å². The van der Waals surface area contributed by atoms with Crippen LogP contribution in [0.25, 0.3) is 16.7 Å². The maximum atomic E-state index is 18.2. The van der Waals surface area contributed by atoms with Crippen LogP contribution in [0, 0.1) is 77.1 Å². The van der Waals surface area contributed by atoms with Gasteiger partial charge in [0.2, 0.25) is 0 Å². The molecule has 6 aromatic rings. The Morgan fingerprint density at radius 2 is 0.897 bits per heavy atom. The molecule has 0 spiro atoms. The topological polar surface area (TPSA) is 87.0 Å². The minimum atomic E-state index is -4.58. The van der Waals surface area contributed by atoms with Gasteiger partial charge in [-0.25, -0.2) is 4.79 Å². The van der Waals surface area contributed by atoms with Crippen LogP contribution in [0.2, 0.25) is 0 Å². The van der Waals surface area contributed by atoms with Gasteiger partial charge in [-0.1, -0.05) is 71.9 Å². The maximum absolute atomic E-state index is 18.2. The number of allylic oxidation sites excluding steroid dienone is 6. The van der Waals surface area contributed by atoms with Crippen molar-refractivity contribution in [1.29, 1.82) is 0 Å². The Balaban J connectivity index is 0.840. The van der Waals surface area contributed by atoms with Gasteiger partial charge in [0.05, 0.1) is 61.9 Å². The summed E-state index contributed by atoms with van der Waals surface area (Å²) >= 11 is 0. The average molecular weight is 1320 g/mol. The Hall–Kier alpha value is -9.29. The van der Waals surface area contributed by atoms with Gasteiger partial charge in [0.1, 0.15) is 35.9 Å². The zero-order valence-electron chi connectivity index (χ0n) is 57.5. The summed E-state index contributed by atoms with van der Waals surface area (Å²) in [5.41, 5.74) is 15.3. The number of hydrogen-bond donors (Lipinski definition) is 0. The lowest BCUT2D eigenvalue weighted by Gasteiger charge is -2.34. The van der Waals surface area contributed by atoms with Crippen molar-refractivity contribution < 1.29 is 67.8 Å². The minimum absolute atomic E-state index is 0.138. The van der Waals surface area contributed by atoms with Crippen LogP contribution in [0.15, 0.2) is 136 Å². The number of benzene rings is 3. The van der Waals surface area contributed by atoms with Crippen molar-refractivity contribution in [3.63, 3.8) is 0 Å². The Labute approximate surface area is 563 Å². The number of ether oxygens (including phenoxy) is 5. The van der Waals surface area contributed by atoms with E-state index in [-0.39, 0.29) is 31.2 Å². The number of halogens is 6. The van der Waals surface area contributed by atoms with Gasteiger partial charge in [0.25, 0.3) is 0 Å². The van der Waals surface area contributed by atoms with Gasteiger partial charge in [0, 0.05) is 94.7 Å². The summed E-state index contributed by atoms with van der Waals surface area (Å²) in [7, 11) is 0. The summed E-state index contributed by atoms with van der Waals surface area (Å²) in [5, 5.41) is 0. The first-order chi connectivity index (χ1) is 45.9. The SMILES string of the molecule is CC1=CC(C)=[N+]2C1=C(c1ccc(C#CC3=C(C)C4=C(c5ccc(C#CCOCCOCCOCCOCC(=O)OC(C)(C)C)cc5)c5c(C)c(C#Cc6ccc(C7=C8C(C)=CC(C)=[N+]8[B-](F)(F)n8c(C)cc(C)c87)cc6)c(C)n5[B-](F)(F)[N+]4=C3C)cc1)c1c(C)cc(C)n1[B-]2(F)F. The fourth-order valence-electron chi connectivity index (χ4n) is 14.9. The van der Waals surface area contributed by atoms with Crippen molar-refractivity contribution in [2.75, 3.05) is 52.9 Å². The van der Waals surface area contributed by atoms with E-state index in [0.29, 0.717) is 151 Å². The zero-order valence-corrected chi connectivity index (χ0v) is 57.5. The van der Waals surface area contributed by atoms with E-state index in [9.17, 15) is 4.79 Å². The number of nitrogens with zero attached hydrogens (tertiary/aromatic N) is 6. The van der Waals surface area contributed by atoms with Gasteiger partial charge in [-0.2, -0.15) is 0 Å². The molecule has 0 bridgehead atoms. The Bertz CT molecular complexity index is 4890. The molecule has 3 aromatic heterocycles. The van der Waals surface area contributed by atoms with Crippen LogP contribution in [0.3, 0.4) is 0 Å². The number of aryl methyl sites for hydroxylation is 4. The fourth-order valence-corrected chi connectivity index (χ4v) is 14.9. The zero-order chi connectivity index (χ0) is 69.5. The van der Waals surface area contributed by atoms with Crippen LogP contribution in [0.1, 0.15) is 152 Å². The maximum Gasteiger partial charge on any atom is 0.737 e. The third-order valence-corrected chi connectivity index (χ3v) is 18.7. The molecule has 0 saturated heterocycles. The molecular weight excluding hydrogens is 1240 g/mol. The van der Waals surface area contributed by atoms with E-state index in [2.05, 4.69) is 35.5 Å². The second kappa shape index (κ2) is 25.6. The molecule has 12 rings (SSSR count). The number of aromatic nitrogens is 3. The quantitative estimate of drug-likeness (QED) is 0.0335. The van der Waals surface area contributed by atoms with Crippen molar-refractivity contribution in [1.82, 2.24) is 13.4 Å². The molecule has 0 N–H and O–H groups in total. The lowest BCUT2D eigenvalue weighted by atomic mass is 9.83. The van der Waals surface area contributed by atoms with E-state index in [0.717, 1.165) is 42.4 Å². The third-order valence-electron chi connectivity index (χ3n) is 18.7. The van der Waals surface area contributed by atoms with E-state index >= 15 is 25.9 Å². The van der Waals surface area contributed by atoms with E-state index in [1.54, 1.807) is 86.6 Å². The highest BCUT2D eigenvalue weighted by Crippen LogP contribution is 2.49. The van der Waals surface area contributed by atoms with E-state index in [1.165, 1.54) is 17.9 Å². The molecule has 498 valence electrons. The second-order valence-electron chi connectivity index (χ2n) is 26.7. The normalized spacial score (nSPS) is 17.1. The monoisotopic (exact) mass is 1320 g/mol. The molecule has 6 aliphatic rings. The predicted octanol–water partition coefficient (Wildman–Crippen LogP) is 13.8. The first kappa shape index (κ1) is 67.7. The van der Waals surface area contributed by atoms with Gasteiger partial charge < -0.3 is 76.5 Å². The van der Waals surface area contributed by atoms with E-state index < -0.39 is 32.5 Å². The first-order valence-electron chi connectivity index (χ1n) is 32.7. The lowest BCUT2D eigenvalue weighted by molar-refractivity contribution is -0.364. The highest BCUT2D eigenvalue weighted by molar-refractivity contribution is 6.59. The molecule has 0 fully saturated rings. The van der Waals surface area contributed by atoms with Crippen LogP contribution in [0.4, 0.5) is 25.9 Å². The van der Waals surface area contributed by atoms with Gasteiger partial charge in [-0.05, 0) is 176 Å². The molecule has 0 saturated carbocycles. The number of fused-ring (bicyclic) bond motifs is 6. The number of carbonyl (C=O) groups is 1. The summed E-state index contributed by atoms with van der Waals surface area (Å²) in [4.78, 5) is 11.8. The predicted molar refractivity (Wildman–Crippen MR) is 371 cm³/mol. The van der Waals surface area contributed by atoms with Crippen LogP contribution in [0.5, 0.6) is 0 Å². The fraction of sp³-hybridized carbons (Fsp3) is 0.316. The van der Waals surface area contributed by atoms with E-state index in [4.69, 9.17) is 23.7 Å². The second-order valence-corrected chi connectivity index (χ2v) is 26.7. The number of carbonyl (C=O) groups excluding carboxylic acids is 1. The minimum Gasteiger partial charge on any atom is -0.458 e. The summed E-state index contributed by atoms with van der Waals surface area (Å²) < 4.78 is 137. The average Bonchev–Trinajstić information content (AvgIpc) is 1.57. The van der Waals surface area contributed by atoms with Crippen molar-refractivity contribution >= 4 is 60.7 Å². The van der Waals surface area contributed by atoms with Gasteiger partial charge in [-0.3, -0.25) is 0 Å². The molecular formula is C76H77B3F6N6O6. The molecule has 0 radical (unpaired) electrons. The van der Waals surface area contributed by atoms with Gasteiger partial charge in [0.15, 0.2) is 17.1 Å². The molecule has 0 atom stereocenters. The summed E-state index contributed by atoms with van der Waals surface area (Å²) in [6.07, 6.45) is 3.59. The van der Waals surface area contributed by atoms with Crippen molar-refractivity contribution in [2.45, 2.75) is 109 Å². The molecule has 21 heteroatoms. The molecule has 3 aromatic carbocycles. The molecule has 0 aliphatic carbocycles. The third kappa shape index (κ3) is 11.9. The van der Waals surface area contributed by atoms with Gasteiger partial charge in [-0.15, -0.1) is 0 Å². The smallest absolute Gasteiger partial charge is 0.458 e. The number of esters is 1. The van der Waals surface area contributed by atoms with Gasteiger partial charge >= 0.3 is 26.9 Å². The Kier molecular flexibility index (Phi) is 17.9. The number of hydrogen-bond acceptors (Lipinski definition) is 6. The van der Waals surface area contributed by atoms with Crippen LogP contribution in [-0.2, 0) is 28.5 Å².